The van der Waals surface area contributed by atoms with Crippen LogP contribution in [-0.4, -0.2) is 42.8 Å². The SMILES string of the molecule is CC/C=C\C/C=C\C/C=C\C/C=C\C/C=C\C/C=C\CCC(=O)NCCNC(=O)c1cc(OC(C)=O)c(OC(C)=O)c(OC(C)=O)c1. The van der Waals surface area contributed by atoms with E-state index < -0.39 is 23.8 Å². The Bertz CT molecular complexity index is 1310. The minimum absolute atomic E-state index is 0.0163. The number of allylic oxidation sites excluding steroid dienone is 12. The van der Waals surface area contributed by atoms with E-state index >= 15 is 0 Å². The average molecular weight is 649 g/mol. The van der Waals surface area contributed by atoms with E-state index in [1.165, 1.54) is 12.1 Å². The van der Waals surface area contributed by atoms with Crippen LogP contribution in [-0.2, 0) is 19.2 Å². The van der Waals surface area contributed by atoms with Crippen LogP contribution in [0.25, 0.3) is 0 Å². The molecule has 254 valence electrons. The molecule has 0 aromatic heterocycles. The van der Waals surface area contributed by atoms with Crippen LogP contribution < -0.4 is 24.8 Å². The number of carbonyl (C=O) groups excluding carboxylic acids is 5. The molecule has 0 saturated carbocycles. The van der Waals surface area contributed by atoms with Gasteiger partial charge < -0.3 is 24.8 Å². The molecule has 0 bridgehead atoms. The van der Waals surface area contributed by atoms with Gasteiger partial charge >= 0.3 is 17.9 Å². The van der Waals surface area contributed by atoms with Crippen molar-refractivity contribution in [1.29, 1.82) is 0 Å². The average Bonchev–Trinajstić information content (AvgIpc) is 3.01. The van der Waals surface area contributed by atoms with Crippen LogP contribution >= 0.6 is 0 Å². The molecule has 0 fully saturated rings. The van der Waals surface area contributed by atoms with Gasteiger partial charge in [0.2, 0.25) is 11.7 Å². The Kier molecular flexibility index (Phi) is 21.5. The number of hydrogen-bond acceptors (Lipinski definition) is 8. The lowest BCUT2D eigenvalue weighted by molar-refractivity contribution is -0.135. The van der Waals surface area contributed by atoms with E-state index in [9.17, 15) is 24.0 Å². The number of nitrogens with one attached hydrogen (secondary N) is 2. The fraction of sp³-hybridized carbons (Fsp3) is 0.378. The normalized spacial score (nSPS) is 11.7. The monoisotopic (exact) mass is 648 g/mol. The van der Waals surface area contributed by atoms with E-state index in [1.807, 2.05) is 12.2 Å². The fourth-order valence-corrected chi connectivity index (χ4v) is 3.84. The number of rotatable bonds is 21. The number of benzene rings is 1. The van der Waals surface area contributed by atoms with Gasteiger partial charge in [-0.15, -0.1) is 0 Å². The molecule has 2 amide bonds. The first kappa shape index (κ1) is 40.0. The quantitative estimate of drug-likeness (QED) is 0.0644. The van der Waals surface area contributed by atoms with Crippen molar-refractivity contribution in [3.8, 4) is 17.2 Å². The molecule has 47 heavy (non-hydrogen) atoms. The van der Waals surface area contributed by atoms with Crippen LogP contribution in [0.15, 0.2) is 85.0 Å². The topological polar surface area (TPSA) is 137 Å². The summed E-state index contributed by atoms with van der Waals surface area (Å²) in [5, 5.41) is 5.37. The zero-order valence-electron chi connectivity index (χ0n) is 27.9. The predicted octanol–water partition coefficient (Wildman–Crippen LogP) is 6.79. The summed E-state index contributed by atoms with van der Waals surface area (Å²) >= 11 is 0. The van der Waals surface area contributed by atoms with Gasteiger partial charge in [-0.25, -0.2) is 0 Å². The van der Waals surface area contributed by atoms with Crippen LogP contribution in [0.5, 0.6) is 17.2 Å². The minimum Gasteiger partial charge on any atom is -0.423 e. The summed E-state index contributed by atoms with van der Waals surface area (Å²) in [7, 11) is 0. The maximum atomic E-state index is 12.7. The Morgan fingerprint density at radius 2 is 0.979 bits per heavy atom. The third-order valence-corrected chi connectivity index (χ3v) is 5.90. The first-order valence-electron chi connectivity index (χ1n) is 15.8. The summed E-state index contributed by atoms with van der Waals surface area (Å²) in [6.45, 7) is 5.80. The van der Waals surface area contributed by atoms with Crippen molar-refractivity contribution in [1.82, 2.24) is 10.6 Å². The highest BCUT2D eigenvalue weighted by Gasteiger charge is 2.22. The predicted molar refractivity (Wildman–Crippen MR) is 183 cm³/mol. The molecule has 0 atom stereocenters. The van der Waals surface area contributed by atoms with Crippen molar-refractivity contribution in [2.45, 2.75) is 79.1 Å². The summed E-state index contributed by atoms with van der Waals surface area (Å²) in [6, 6.07) is 2.37. The fourth-order valence-electron chi connectivity index (χ4n) is 3.84. The highest BCUT2D eigenvalue weighted by atomic mass is 16.6. The van der Waals surface area contributed by atoms with E-state index in [2.05, 4.69) is 78.3 Å². The maximum absolute atomic E-state index is 12.7. The maximum Gasteiger partial charge on any atom is 0.308 e. The molecule has 0 aliphatic rings. The van der Waals surface area contributed by atoms with Gasteiger partial charge in [-0.05, 0) is 57.1 Å². The van der Waals surface area contributed by atoms with Crippen LogP contribution in [0, 0.1) is 0 Å². The van der Waals surface area contributed by atoms with E-state index in [0.29, 0.717) is 12.8 Å². The van der Waals surface area contributed by atoms with Crippen molar-refractivity contribution in [3.63, 3.8) is 0 Å². The number of amides is 2. The molecule has 0 unspecified atom stereocenters. The van der Waals surface area contributed by atoms with Gasteiger partial charge in [0.25, 0.3) is 5.91 Å². The highest BCUT2D eigenvalue weighted by molar-refractivity contribution is 5.96. The van der Waals surface area contributed by atoms with E-state index in [1.54, 1.807) is 0 Å². The number of ether oxygens (including phenoxy) is 3. The molecule has 0 aliphatic heterocycles. The smallest absolute Gasteiger partial charge is 0.308 e. The number of esters is 3. The van der Waals surface area contributed by atoms with Crippen LogP contribution in [0.3, 0.4) is 0 Å². The molecule has 0 aliphatic carbocycles. The first-order valence-corrected chi connectivity index (χ1v) is 15.8. The van der Waals surface area contributed by atoms with Crippen molar-refractivity contribution < 1.29 is 38.2 Å². The Morgan fingerprint density at radius 1 is 0.574 bits per heavy atom. The second-order valence-electron chi connectivity index (χ2n) is 10.1. The molecule has 0 heterocycles. The number of hydrogen-bond donors (Lipinski definition) is 2. The molecular weight excluding hydrogens is 600 g/mol. The van der Waals surface area contributed by atoms with Gasteiger partial charge in [-0.2, -0.15) is 0 Å². The Hall–Kier alpha value is -4.99. The highest BCUT2D eigenvalue weighted by Crippen LogP contribution is 2.39. The zero-order chi connectivity index (χ0) is 34.7. The van der Waals surface area contributed by atoms with Crippen molar-refractivity contribution in [3.05, 3.63) is 90.6 Å². The molecular formula is C37H48N2O8. The van der Waals surface area contributed by atoms with Crippen molar-refractivity contribution >= 4 is 29.7 Å². The molecule has 10 nitrogen and oxygen atoms in total. The van der Waals surface area contributed by atoms with Crippen molar-refractivity contribution in [2.24, 2.45) is 0 Å². The first-order chi connectivity index (χ1) is 22.6. The Balaban J connectivity index is 2.34. The molecule has 1 rings (SSSR count). The Labute approximate surface area is 278 Å². The second kappa shape index (κ2) is 25.2. The van der Waals surface area contributed by atoms with Crippen molar-refractivity contribution in [2.75, 3.05) is 13.1 Å². The van der Waals surface area contributed by atoms with Crippen LogP contribution in [0.2, 0.25) is 0 Å². The molecule has 1 aromatic rings. The van der Waals surface area contributed by atoms with Gasteiger partial charge in [-0.3, -0.25) is 24.0 Å². The molecule has 0 saturated heterocycles. The third-order valence-electron chi connectivity index (χ3n) is 5.90. The molecule has 0 spiro atoms. The van der Waals surface area contributed by atoms with Crippen LogP contribution in [0.4, 0.5) is 0 Å². The Morgan fingerprint density at radius 3 is 1.40 bits per heavy atom. The minimum atomic E-state index is -0.749. The van der Waals surface area contributed by atoms with Gasteiger partial charge in [0.15, 0.2) is 11.5 Å². The molecule has 1 aromatic carbocycles. The van der Waals surface area contributed by atoms with Gasteiger partial charge in [0, 0.05) is 45.8 Å². The summed E-state index contributed by atoms with van der Waals surface area (Å²) in [4.78, 5) is 59.5. The van der Waals surface area contributed by atoms with E-state index in [0.717, 1.165) is 59.3 Å². The largest absolute Gasteiger partial charge is 0.423 e. The summed E-state index contributed by atoms with van der Waals surface area (Å²) < 4.78 is 15.2. The summed E-state index contributed by atoms with van der Waals surface area (Å²) in [6.07, 6.45) is 32.1. The lowest BCUT2D eigenvalue weighted by Crippen LogP contribution is -2.34. The molecule has 2 N–H and O–H groups in total. The summed E-state index contributed by atoms with van der Waals surface area (Å²) in [5.41, 5.74) is -0.0163. The van der Waals surface area contributed by atoms with Gasteiger partial charge in [-0.1, -0.05) is 79.8 Å². The zero-order valence-corrected chi connectivity index (χ0v) is 27.9. The summed E-state index contributed by atoms with van der Waals surface area (Å²) in [5.74, 6) is -3.81. The lowest BCUT2D eigenvalue weighted by Gasteiger charge is -2.15. The standard InChI is InChI=1S/C37H48N2O8/c1-5-6-7-8-9-10-11-12-13-14-15-16-17-18-19-20-21-22-23-24-35(43)38-25-26-39-37(44)32-27-33(45-29(2)40)36(47-31(4)42)34(28-32)46-30(3)41/h6-7,9-10,12-13,15-16,18-19,21-22,27-28H,5,8,11,14,17,20,23-26H2,1-4H3,(H,38,43)(H,39,44)/b7-6-,10-9-,13-12-,16-15-,19-18-,22-21-. The van der Waals surface area contributed by atoms with Gasteiger partial charge in [0.1, 0.15) is 0 Å². The second-order valence-corrected chi connectivity index (χ2v) is 10.1. The molecule has 10 heteroatoms. The van der Waals surface area contributed by atoms with E-state index in [4.69, 9.17) is 14.2 Å². The number of carbonyl (C=O) groups is 5. The third kappa shape index (κ3) is 20.6. The van der Waals surface area contributed by atoms with Gasteiger partial charge in [0.05, 0.1) is 0 Å². The molecule has 0 radical (unpaired) electrons. The van der Waals surface area contributed by atoms with E-state index in [-0.39, 0.29) is 41.8 Å². The van der Waals surface area contributed by atoms with Crippen LogP contribution in [0.1, 0.15) is 89.4 Å². The lowest BCUT2D eigenvalue weighted by atomic mass is 10.1.